The van der Waals surface area contributed by atoms with Crippen LogP contribution in [0.3, 0.4) is 0 Å². The van der Waals surface area contributed by atoms with Gasteiger partial charge >= 0.3 is 12.4 Å². The molecule has 1 unspecified atom stereocenters. The van der Waals surface area contributed by atoms with E-state index in [2.05, 4.69) is 0 Å². The molecular weight excluding hydrogens is 484 g/mol. The Balaban J connectivity index is 2.09. The van der Waals surface area contributed by atoms with Crippen molar-refractivity contribution >= 4 is 11.5 Å². The third kappa shape index (κ3) is 4.23. The van der Waals surface area contributed by atoms with Crippen LogP contribution in [0.1, 0.15) is 49.3 Å². The van der Waals surface area contributed by atoms with E-state index >= 15 is 0 Å². The second kappa shape index (κ2) is 8.43. The predicted octanol–water partition coefficient (Wildman–Crippen LogP) is 6.67. The first-order valence-corrected chi connectivity index (χ1v) is 11.0. The molecular formula is C26H21F6N3O. The maximum Gasteiger partial charge on any atom is 0.418 e. The first-order valence-electron chi connectivity index (χ1n) is 11.0. The molecule has 0 aromatic heterocycles. The van der Waals surface area contributed by atoms with Gasteiger partial charge in [-0.15, -0.1) is 0 Å². The van der Waals surface area contributed by atoms with Crippen LogP contribution in [0, 0.1) is 16.7 Å². The maximum absolute atomic E-state index is 13.9. The van der Waals surface area contributed by atoms with Gasteiger partial charge in [-0.25, -0.2) is 0 Å². The van der Waals surface area contributed by atoms with Crippen molar-refractivity contribution in [3.63, 3.8) is 0 Å². The Morgan fingerprint density at radius 3 is 2.08 bits per heavy atom. The zero-order valence-corrected chi connectivity index (χ0v) is 19.3. The average molecular weight is 505 g/mol. The maximum atomic E-state index is 13.9. The van der Waals surface area contributed by atoms with Gasteiger partial charge in [-0.2, -0.15) is 31.6 Å². The topological polar surface area (TPSA) is 70.1 Å². The van der Waals surface area contributed by atoms with Crippen molar-refractivity contribution in [3.8, 4) is 6.07 Å². The highest BCUT2D eigenvalue weighted by molar-refractivity contribution is 6.02. The van der Waals surface area contributed by atoms with Crippen molar-refractivity contribution in [2.45, 2.75) is 45.0 Å². The van der Waals surface area contributed by atoms with Crippen molar-refractivity contribution in [1.29, 1.82) is 5.26 Å². The van der Waals surface area contributed by atoms with Crippen LogP contribution in [0.25, 0.3) is 0 Å². The molecule has 0 bridgehead atoms. The Labute approximate surface area is 203 Å². The highest BCUT2D eigenvalue weighted by atomic mass is 19.4. The summed E-state index contributed by atoms with van der Waals surface area (Å²) in [6, 6.07) is 10.9. The monoisotopic (exact) mass is 505 g/mol. The van der Waals surface area contributed by atoms with E-state index in [4.69, 9.17) is 5.73 Å². The molecule has 2 aromatic rings. The fraction of sp³-hybridized carbons (Fsp3) is 0.308. The Bertz CT molecular complexity index is 1340. The lowest BCUT2D eigenvalue weighted by Crippen LogP contribution is -2.43. The normalized spacial score (nSPS) is 20.4. The first kappa shape index (κ1) is 25.4. The number of carbonyl (C=O) groups excluding carboxylic acids is 1. The van der Waals surface area contributed by atoms with Crippen LogP contribution < -0.4 is 10.6 Å². The highest BCUT2D eigenvalue weighted by Gasteiger charge is 2.48. The summed E-state index contributed by atoms with van der Waals surface area (Å²) in [5.41, 5.74) is 2.22. The molecule has 1 aliphatic carbocycles. The van der Waals surface area contributed by atoms with Crippen LogP contribution in [0.4, 0.5) is 32.0 Å². The molecule has 1 aliphatic heterocycles. The Hall–Kier alpha value is -3.74. The largest absolute Gasteiger partial charge is 0.418 e. The zero-order chi connectivity index (χ0) is 26.6. The molecule has 0 amide bonds. The van der Waals surface area contributed by atoms with E-state index in [1.54, 1.807) is 19.9 Å². The number of allylic oxidation sites excluding steroid dienone is 3. The van der Waals surface area contributed by atoms with E-state index in [9.17, 15) is 36.4 Å². The van der Waals surface area contributed by atoms with Crippen molar-refractivity contribution in [2.75, 3.05) is 4.90 Å². The number of carbonyl (C=O) groups is 1. The molecule has 0 spiro atoms. The summed E-state index contributed by atoms with van der Waals surface area (Å²) in [4.78, 5) is 14.5. The Kier molecular flexibility index (Phi) is 5.94. The molecule has 4 rings (SSSR count). The van der Waals surface area contributed by atoms with Gasteiger partial charge in [0, 0.05) is 17.7 Å². The van der Waals surface area contributed by atoms with Crippen LogP contribution >= 0.6 is 0 Å². The average Bonchev–Trinajstić information content (AvgIpc) is 2.76. The van der Waals surface area contributed by atoms with Crippen LogP contribution in [0.5, 0.6) is 0 Å². The molecule has 0 fully saturated rings. The number of para-hydroxylation sites is 1. The summed E-state index contributed by atoms with van der Waals surface area (Å²) in [6.45, 7) is 3.47. The van der Waals surface area contributed by atoms with Crippen LogP contribution in [-0.2, 0) is 17.1 Å². The van der Waals surface area contributed by atoms with Crippen molar-refractivity contribution < 1.29 is 31.1 Å². The molecule has 4 nitrogen and oxygen atoms in total. The molecule has 2 aliphatic rings. The number of hydrogen-bond acceptors (Lipinski definition) is 4. The summed E-state index contributed by atoms with van der Waals surface area (Å²) >= 11 is 0. The van der Waals surface area contributed by atoms with Gasteiger partial charge in [0.05, 0.1) is 34.4 Å². The fourth-order valence-corrected chi connectivity index (χ4v) is 5.01. The van der Waals surface area contributed by atoms with E-state index in [0.29, 0.717) is 0 Å². The highest BCUT2D eigenvalue weighted by Crippen LogP contribution is 2.53. The molecule has 2 N–H and O–H groups in total. The fourth-order valence-electron chi connectivity index (χ4n) is 5.01. The number of benzene rings is 2. The van der Waals surface area contributed by atoms with Gasteiger partial charge in [0.15, 0.2) is 5.78 Å². The smallest absolute Gasteiger partial charge is 0.384 e. The van der Waals surface area contributed by atoms with E-state index in [-0.39, 0.29) is 29.7 Å². The number of anilines is 1. The van der Waals surface area contributed by atoms with Gasteiger partial charge in [-0.05, 0) is 35.6 Å². The van der Waals surface area contributed by atoms with E-state index in [1.165, 1.54) is 24.3 Å². The zero-order valence-electron chi connectivity index (χ0n) is 19.3. The van der Waals surface area contributed by atoms with Gasteiger partial charge < -0.3 is 5.73 Å². The lowest BCUT2D eigenvalue weighted by atomic mass is 9.68. The number of nitrogens with zero attached hydrogens (tertiary/aromatic N) is 2. The molecule has 10 heteroatoms. The van der Waals surface area contributed by atoms with E-state index < -0.39 is 57.7 Å². The second-order valence-electron chi connectivity index (χ2n) is 9.58. The minimum absolute atomic E-state index is 0.0517. The summed E-state index contributed by atoms with van der Waals surface area (Å²) < 4.78 is 83.6. The number of nitrogens with two attached hydrogens (primary N) is 1. The number of halogens is 6. The van der Waals surface area contributed by atoms with E-state index in [0.717, 1.165) is 29.2 Å². The molecule has 1 atom stereocenters. The number of hydrogen-bond donors (Lipinski definition) is 1. The lowest BCUT2D eigenvalue weighted by molar-refractivity contribution is -0.138. The summed E-state index contributed by atoms with van der Waals surface area (Å²) in [6.07, 6.45) is -9.59. The number of rotatable bonds is 2. The molecule has 2 aromatic carbocycles. The van der Waals surface area contributed by atoms with E-state index in [1.807, 2.05) is 0 Å². The lowest BCUT2D eigenvalue weighted by Gasteiger charge is -2.44. The molecule has 0 saturated heterocycles. The number of nitriles is 1. The third-order valence-corrected chi connectivity index (χ3v) is 6.41. The van der Waals surface area contributed by atoms with Crippen LogP contribution in [0.15, 0.2) is 71.2 Å². The number of ketones is 1. The predicted molar refractivity (Wildman–Crippen MR) is 120 cm³/mol. The third-order valence-electron chi connectivity index (χ3n) is 6.41. The van der Waals surface area contributed by atoms with Crippen molar-refractivity contribution in [3.05, 3.63) is 87.9 Å². The first-order chi connectivity index (χ1) is 16.7. The summed E-state index contributed by atoms with van der Waals surface area (Å²) in [5, 5.41) is 10.0. The van der Waals surface area contributed by atoms with Gasteiger partial charge in [-0.3, -0.25) is 9.69 Å². The molecule has 0 radical (unpaired) electrons. The minimum atomic E-state index is -4.80. The minimum Gasteiger partial charge on any atom is -0.384 e. The number of Topliss-reactive ketones (excluding diaryl/α,β-unsaturated/α-hetero) is 1. The van der Waals surface area contributed by atoms with Gasteiger partial charge in [0.1, 0.15) is 5.82 Å². The standard InChI is InChI=1S/C26H21F6N3O/c1-24(2)11-19-22(20(36)12-24)21(14-7-3-4-8-16(14)25(27,28)29)15(13-33)23(34)35(19)18-10-6-5-9-17(18)26(30,31)32/h3-10,21H,11-12,34H2,1-2H3. The Morgan fingerprint density at radius 1 is 0.944 bits per heavy atom. The van der Waals surface area contributed by atoms with Gasteiger partial charge in [0.2, 0.25) is 0 Å². The van der Waals surface area contributed by atoms with Gasteiger partial charge in [-0.1, -0.05) is 44.2 Å². The molecule has 1 heterocycles. The molecule has 0 saturated carbocycles. The van der Waals surface area contributed by atoms with Crippen molar-refractivity contribution in [2.24, 2.45) is 11.1 Å². The molecule has 188 valence electrons. The van der Waals surface area contributed by atoms with Crippen molar-refractivity contribution in [1.82, 2.24) is 0 Å². The quantitative estimate of drug-likeness (QED) is 0.463. The Morgan fingerprint density at radius 2 is 1.50 bits per heavy atom. The SMILES string of the molecule is CC1(C)CC(=O)C2=C(C1)N(c1ccccc1C(F)(F)F)C(N)=C(C#N)C2c1ccccc1C(F)(F)F. The van der Waals surface area contributed by atoms with Gasteiger partial charge in [0.25, 0.3) is 0 Å². The molecule has 36 heavy (non-hydrogen) atoms. The summed E-state index contributed by atoms with van der Waals surface area (Å²) in [5.74, 6) is -2.46. The van der Waals surface area contributed by atoms with Crippen LogP contribution in [-0.4, -0.2) is 5.78 Å². The van der Waals surface area contributed by atoms with Crippen LogP contribution in [0.2, 0.25) is 0 Å². The number of alkyl halides is 6. The second-order valence-corrected chi connectivity index (χ2v) is 9.58. The summed E-state index contributed by atoms with van der Waals surface area (Å²) in [7, 11) is 0.